The molecule has 0 atom stereocenters. The van der Waals surface area contributed by atoms with Gasteiger partial charge in [0.25, 0.3) is 0 Å². The Hall–Kier alpha value is -1.54. The molecule has 0 amide bonds. The summed E-state index contributed by atoms with van der Waals surface area (Å²) in [6, 6.07) is 14.5. The third kappa shape index (κ3) is 3.71. The number of alkyl halides is 1. The number of aromatic nitrogens is 1. The van der Waals surface area contributed by atoms with Gasteiger partial charge in [0.05, 0.1) is 0 Å². The minimum absolute atomic E-state index is 0.529. The molecule has 19 heavy (non-hydrogen) atoms. The summed E-state index contributed by atoms with van der Waals surface area (Å²) >= 11 is 5.95. The standard InChI is InChI=1S/C16H19ClN2/c1-3-15-9-14(11-17)10-16(18-15)19(2)12-13-7-5-4-6-8-13/h4-10H,3,11-12H2,1-2H3. The van der Waals surface area contributed by atoms with Crippen LogP contribution >= 0.6 is 11.6 Å². The van der Waals surface area contributed by atoms with E-state index in [1.54, 1.807) is 0 Å². The molecule has 0 unspecified atom stereocenters. The SMILES string of the molecule is CCc1cc(CCl)cc(N(C)Cc2ccccc2)n1. The van der Waals surface area contributed by atoms with Crippen LogP contribution in [0.5, 0.6) is 0 Å². The fourth-order valence-corrected chi connectivity index (χ4v) is 2.18. The summed E-state index contributed by atoms with van der Waals surface area (Å²) < 4.78 is 0. The summed E-state index contributed by atoms with van der Waals surface area (Å²) in [5.74, 6) is 1.51. The fourth-order valence-electron chi connectivity index (χ4n) is 2.03. The normalized spacial score (nSPS) is 10.5. The molecule has 100 valence electrons. The van der Waals surface area contributed by atoms with Crippen LogP contribution in [0.2, 0.25) is 0 Å². The minimum Gasteiger partial charge on any atom is -0.355 e. The van der Waals surface area contributed by atoms with Crippen molar-refractivity contribution in [2.75, 3.05) is 11.9 Å². The van der Waals surface area contributed by atoms with Crippen LogP contribution in [0.25, 0.3) is 0 Å². The first-order chi connectivity index (χ1) is 9.22. The zero-order valence-corrected chi connectivity index (χ0v) is 12.2. The van der Waals surface area contributed by atoms with E-state index in [1.807, 2.05) is 6.07 Å². The van der Waals surface area contributed by atoms with Gasteiger partial charge in [-0.15, -0.1) is 11.6 Å². The largest absolute Gasteiger partial charge is 0.355 e. The summed E-state index contributed by atoms with van der Waals surface area (Å²) in [4.78, 5) is 6.82. The molecule has 0 saturated carbocycles. The topological polar surface area (TPSA) is 16.1 Å². The second-order valence-electron chi connectivity index (χ2n) is 4.65. The van der Waals surface area contributed by atoms with E-state index in [9.17, 15) is 0 Å². The average Bonchev–Trinajstić information content (AvgIpc) is 2.47. The summed E-state index contributed by atoms with van der Waals surface area (Å²) in [6.07, 6.45) is 0.927. The van der Waals surface area contributed by atoms with Crippen LogP contribution < -0.4 is 4.90 Å². The Balaban J connectivity index is 2.20. The van der Waals surface area contributed by atoms with E-state index >= 15 is 0 Å². The quantitative estimate of drug-likeness (QED) is 0.766. The van der Waals surface area contributed by atoms with Gasteiger partial charge in [-0.3, -0.25) is 0 Å². The van der Waals surface area contributed by atoms with Crippen molar-refractivity contribution in [2.24, 2.45) is 0 Å². The van der Waals surface area contributed by atoms with Crippen LogP contribution in [-0.4, -0.2) is 12.0 Å². The lowest BCUT2D eigenvalue weighted by Gasteiger charge is -2.19. The molecule has 1 heterocycles. The van der Waals surface area contributed by atoms with Crippen LogP contribution in [-0.2, 0) is 18.8 Å². The molecule has 0 fully saturated rings. The Kier molecular flexibility index (Phi) is 4.80. The third-order valence-electron chi connectivity index (χ3n) is 3.09. The molecule has 0 radical (unpaired) electrons. The lowest BCUT2D eigenvalue weighted by molar-refractivity contribution is 0.880. The lowest BCUT2D eigenvalue weighted by atomic mass is 10.2. The Labute approximate surface area is 120 Å². The number of aryl methyl sites for hydroxylation is 1. The highest BCUT2D eigenvalue weighted by Crippen LogP contribution is 2.18. The maximum absolute atomic E-state index is 5.95. The Morgan fingerprint density at radius 1 is 1.11 bits per heavy atom. The van der Waals surface area contributed by atoms with Crippen LogP contribution in [0.1, 0.15) is 23.7 Å². The van der Waals surface area contributed by atoms with Gasteiger partial charge in [0, 0.05) is 25.2 Å². The van der Waals surface area contributed by atoms with E-state index in [1.165, 1.54) is 5.56 Å². The van der Waals surface area contributed by atoms with E-state index in [-0.39, 0.29) is 0 Å². The van der Waals surface area contributed by atoms with Gasteiger partial charge in [-0.1, -0.05) is 37.3 Å². The number of hydrogen-bond donors (Lipinski definition) is 0. The Morgan fingerprint density at radius 3 is 2.47 bits per heavy atom. The predicted octanol–water partition coefficient (Wildman–Crippen LogP) is 4.02. The van der Waals surface area contributed by atoms with E-state index in [0.717, 1.165) is 30.0 Å². The van der Waals surface area contributed by atoms with E-state index < -0.39 is 0 Å². The first-order valence-electron chi connectivity index (χ1n) is 6.53. The van der Waals surface area contributed by atoms with E-state index in [4.69, 9.17) is 11.6 Å². The van der Waals surface area contributed by atoms with Gasteiger partial charge in [0.2, 0.25) is 0 Å². The van der Waals surface area contributed by atoms with Gasteiger partial charge in [0.1, 0.15) is 5.82 Å². The lowest BCUT2D eigenvalue weighted by Crippen LogP contribution is -2.18. The summed E-state index contributed by atoms with van der Waals surface area (Å²) in [5, 5.41) is 0. The number of benzene rings is 1. The predicted molar refractivity (Wildman–Crippen MR) is 81.7 cm³/mol. The number of hydrogen-bond acceptors (Lipinski definition) is 2. The third-order valence-corrected chi connectivity index (χ3v) is 3.40. The van der Waals surface area contributed by atoms with Crippen molar-refractivity contribution in [3.8, 4) is 0 Å². The fraction of sp³-hybridized carbons (Fsp3) is 0.312. The monoisotopic (exact) mass is 274 g/mol. The molecule has 1 aromatic carbocycles. The first-order valence-corrected chi connectivity index (χ1v) is 7.07. The first kappa shape index (κ1) is 13.9. The van der Waals surface area contributed by atoms with E-state index in [2.05, 4.69) is 60.3 Å². The Bertz CT molecular complexity index is 503. The second kappa shape index (κ2) is 6.58. The number of nitrogens with zero attached hydrogens (tertiary/aromatic N) is 2. The van der Waals surface area contributed by atoms with Gasteiger partial charge >= 0.3 is 0 Å². The highest BCUT2D eigenvalue weighted by atomic mass is 35.5. The van der Waals surface area contributed by atoms with Gasteiger partial charge < -0.3 is 4.90 Å². The van der Waals surface area contributed by atoms with Crippen molar-refractivity contribution in [1.29, 1.82) is 0 Å². The molecule has 0 N–H and O–H groups in total. The van der Waals surface area contributed by atoms with E-state index in [0.29, 0.717) is 5.88 Å². The Morgan fingerprint density at radius 2 is 1.84 bits per heavy atom. The van der Waals surface area contributed by atoms with Gasteiger partial charge in [0.15, 0.2) is 0 Å². The summed E-state index contributed by atoms with van der Waals surface area (Å²) in [5.41, 5.74) is 3.50. The molecule has 0 aliphatic heterocycles. The second-order valence-corrected chi connectivity index (χ2v) is 4.92. The van der Waals surface area contributed by atoms with Gasteiger partial charge in [-0.05, 0) is 29.7 Å². The van der Waals surface area contributed by atoms with Crippen molar-refractivity contribution >= 4 is 17.4 Å². The molecule has 0 bridgehead atoms. The molecule has 0 saturated heterocycles. The van der Waals surface area contributed by atoms with Crippen LogP contribution in [0.15, 0.2) is 42.5 Å². The van der Waals surface area contributed by atoms with Gasteiger partial charge in [-0.2, -0.15) is 0 Å². The summed E-state index contributed by atoms with van der Waals surface area (Å²) in [7, 11) is 2.06. The average molecular weight is 275 g/mol. The molecule has 3 heteroatoms. The number of anilines is 1. The van der Waals surface area contributed by atoms with Gasteiger partial charge in [-0.25, -0.2) is 4.98 Å². The van der Waals surface area contributed by atoms with Crippen LogP contribution in [0.3, 0.4) is 0 Å². The number of pyridine rings is 1. The molecule has 0 spiro atoms. The number of rotatable bonds is 5. The number of halogens is 1. The molecular weight excluding hydrogens is 256 g/mol. The smallest absolute Gasteiger partial charge is 0.129 e. The minimum atomic E-state index is 0.529. The molecule has 2 nitrogen and oxygen atoms in total. The molecule has 2 rings (SSSR count). The van der Waals surface area contributed by atoms with Crippen LogP contribution in [0, 0.1) is 0 Å². The van der Waals surface area contributed by atoms with Crippen molar-refractivity contribution in [3.05, 3.63) is 59.3 Å². The molecule has 1 aromatic heterocycles. The molecule has 2 aromatic rings. The van der Waals surface area contributed by atoms with Crippen molar-refractivity contribution < 1.29 is 0 Å². The van der Waals surface area contributed by atoms with Crippen molar-refractivity contribution in [2.45, 2.75) is 25.8 Å². The van der Waals surface area contributed by atoms with Crippen LogP contribution in [0.4, 0.5) is 5.82 Å². The maximum Gasteiger partial charge on any atom is 0.129 e. The summed E-state index contributed by atoms with van der Waals surface area (Å²) in [6.45, 7) is 2.96. The molecule has 0 aliphatic carbocycles. The zero-order valence-electron chi connectivity index (χ0n) is 11.4. The zero-order chi connectivity index (χ0) is 13.7. The highest BCUT2D eigenvalue weighted by molar-refractivity contribution is 6.17. The molecule has 0 aliphatic rings. The highest BCUT2D eigenvalue weighted by Gasteiger charge is 2.06. The molecular formula is C16H19ClN2. The maximum atomic E-state index is 5.95. The van der Waals surface area contributed by atoms with Crippen molar-refractivity contribution in [3.63, 3.8) is 0 Å². The van der Waals surface area contributed by atoms with Crippen molar-refractivity contribution in [1.82, 2.24) is 4.98 Å².